The normalized spacial score (nSPS) is 17.2. The van der Waals surface area contributed by atoms with Gasteiger partial charge in [0.2, 0.25) is 5.91 Å². The highest BCUT2D eigenvalue weighted by Crippen LogP contribution is 2.26. The van der Waals surface area contributed by atoms with Gasteiger partial charge in [-0.1, -0.05) is 12.1 Å². The third-order valence-corrected chi connectivity index (χ3v) is 7.40. The number of nitrogens with zero attached hydrogens (tertiary/aromatic N) is 2. The Balaban J connectivity index is 1.66. The van der Waals surface area contributed by atoms with E-state index in [0.717, 1.165) is 5.56 Å². The van der Waals surface area contributed by atoms with Crippen LogP contribution in [0.2, 0.25) is 0 Å². The first kappa shape index (κ1) is 23.0. The Labute approximate surface area is 183 Å². The van der Waals surface area contributed by atoms with Crippen LogP contribution in [0.3, 0.4) is 0 Å². The minimum Gasteiger partial charge on any atom is -0.497 e. The van der Waals surface area contributed by atoms with Crippen molar-refractivity contribution in [3.8, 4) is 5.75 Å². The molecule has 1 N–H and O–H groups in total. The number of benzene rings is 2. The quantitative estimate of drug-likeness (QED) is 0.672. The fourth-order valence-corrected chi connectivity index (χ4v) is 5.39. The van der Waals surface area contributed by atoms with Crippen LogP contribution in [-0.2, 0) is 21.5 Å². The molecule has 0 saturated carbocycles. The van der Waals surface area contributed by atoms with Gasteiger partial charge in [-0.15, -0.1) is 0 Å². The summed E-state index contributed by atoms with van der Waals surface area (Å²) in [5.74, 6) is -0.316. The molecule has 2 aromatic carbocycles. The fourth-order valence-electron chi connectivity index (χ4n) is 3.67. The third-order valence-electron chi connectivity index (χ3n) is 5.39. The number of carbonyl (C=O) groups excluding carboxylic acids is 1. The monoisotopic (exact) mass is 449 g/mol. The van der Waals surface area contributed by atoms with Gasteiger partial charge in [-0.2, -0.15) is 12.7 Å². The zero-order valence-corrected chi connectivity index (χ0v) is 18.6. The molecule has 9 heteroatoms. The first-order valence-corrected chi connectivity index (χ1v) is 11.7. The van der Waals surface area contributed by atoms with Crippen molar-refractivity contribution in [3.63, 3.8) is 0 Å². The van der Waals surface area contributed by atoms with Gasteiger partial charge in [-0.05, 0) is 61.7 Å². The summed E-state index contributed by atoms with van der Waals surface area (Å²) >= 11 is 0. The summed E-state index contributed by atoms with van der Waals surface area (Å²) in [5, 5.41) is 2.84. The van der Waals surface area contributed by atoms with E-state index >= 15 is 0 Å². The van der Waals surface area contributed by atoms with Gasteiger partial charge in [0.15, 0.2) is 0 Å². The predicted molar refractivity (Wildman–Crippen MR) is 117 cm³/mol. The molecule has 0 aliphatic carbocycles. The van der Waals surface area contributed by atoms with Gasteiger partial charge in [0, 0.05) is 26.2 Å². The molecule has 1 aliphatic rings. The van der Waals surface area contributed by atoms with Crippen LogP contribution in [0.4, 0.5) is 10.1 Å². The van der Waals surface area contributed by atoms with Crippen molar-refractivity contribution in [3.05, 3.63) is 59.9 Å². The summed E-state index contributed by atoms with van der Waals surface area (Å²) in [6.45, 7) is 2.82. The maximum absolute atomic E-state index is 13.3. The van der Waals surface area contributed by atoms with Crippen molar-refractivity contribution in [2.45, 2.75) is 26.3 Å². The Morgan fingerprint density at radius 2 is 1.87 bits per heavy atom. The van der Waals surface area contributed by atoms with Crippen molar-refractivity contribution < 1.29 is 22.3 Å². The van der Waals surface area contributed by atoms with E-state index in [4.69, 9.17) is 4.74 Å². The van der Waals surface area contributed by atoms with Crippen LogP contribution in [-0.4, -0.2) is 45.4 Å². The summed E-state index contributed by atoms with van der Waals surface area (Å²) < 4.78 is 47.5. The Hall–Kier alpha value is -2.65. The second kappa shape index (κ2) is 10.1. The summed E-state index contributed by atoms with van der Waals surface area (Å²) in [4.78, 5) is 12.7. The van der Waals surface area contributed by atoms with E-state index in [1.807, 2.05) is 0 Å². The van der Waals surface area contributed by atoms with Crippen molar-refractivity contribution >= 4 is 21.8 Å². The van der Waals surface area contributed by atoms with Crippen molar-refractivity contribution in [2.24, 2.45) is 5.92 Å². The zero-order chi connectivity index (χ0) is 22.4. The Bertz CT molecular complexity index is 981. The predicted octanol–water partition coefficient (Wildman–Crippen LogP) is 2.93. The van der Waals surface area contributed by atoms with Crippen molar-refractivity contribution in [1.29, 1.82) is 0 Å². The minimum atomic E-state index is -3.78. The maximum Gasteiger partial charge on any atom is 0.304 e. The van der Waals surface area contributed by atoms with Crippen molar-refractivity contribution in [1.82, 2.24) is 9.62 Å². The molecule has 3 rings (SSSR count). The van der Waals surface area contributed by atoms with E-state index in [1.54, 1.807) is 50.4 Å². The van der Waals surface area contributed by atoms with E-state index in [0.29, 0.717) is 30.8 Å². The molecule has 1 saturated heterocycles. The molecular weight excluding hydrogens is 421 g/mol. The molecule has 1 unspecified atom stereocenters. The Kier molecular flexibility index (Phi) is 7.50. The molecule has 168 valence electrons. The summed E-state index contributed by atoms with van der Waals surface area (Å²) in [7, 11) is -2.23. The second-order valence-electron chi connectivity index (χ2n) is 7.41. The average Bonchev–Trinajstić information content (AvgIpc) is 2.79. The van der Waals surface area contributed by atoms with Crippen molar-refractivity contribution in [2.75, 3.05) is 31.0 Å². The lowest BCUT2D eigenvalue weighted by atomic mass is 9.99. The van der Waals surface area contributed by atoms with Gasteiger partial charge in [0.25, 0.3) is 0 Å². The number of piperidine rings is 1. The van der Waals surface area contributed by atoms with E-state index in [-0.39, 0.29) is 31.4 Å². The number of hydrogen-bond acceptors (Lipinski definition) is 4. The standard InChI is InChI=1S/C22H28FN3O4S/c1-3-26(20-10-12-21(30-2)13-11-20)31(28,29)25-14-4-5-18(16-25)22(27)24-15-17-6-8-19(23)9-7-17/h6-13,18H,3-5,14-16H2,1-2H3,(H,24,27). The molecule has 2 aromatic rings. The summed E-state index contributed by atoms with van der Waals surface area (Å²) in [5.41, 5.74) is 1.33. The van der Waals surface area contributed by atoms with Gasteiger partial charge < -0.3 is 10.1 Å². The minimum absolute atomic E-state index is 0.129. The lowest BCUT2D eigenvalue weighted by Crippen LogP contribution is -2.50. The first-order chi connectivity index (χ1) is 14.8. The molecule has 0 aromatic heterocycles. The topological polar surface area (TPSA) is 79.0 Å². The smallest absolute Gasteiger partial charge is 0.304 e. The van der Waals surface area contributed by atoms with Gasteiger partial charge in [-0.25, -0.2) is 4.39 Å². The van der Waals surface area contributed by atoms with Crippen LogP contribution in [0.1, 0.15) is 25.3 Å². The second-order valence-corrected chi connectivity index (χ2v) is 9.26. The molecule has 0 bridgehead atoms. The molecule has 1 heterocycles. The van der Waals surface area contributed by atoms with Crippen LogP contribution < -0.4 is 14.4 Å². The van der Waals surface area contributed by atoms with Gasteiger partial charge >= 0.3 is 10.2 Å². The number of rotatable bonds is 8. The number of carbonyl (C=O) groups is 1. The van der Waals surface area contributed by atoms with Crippen LogP contribution in [0, 0.1) is 11.7 Å². The molecular formula is C22H28FN3O4S. The fraction of sp³-hybridized carbons (Fsp3) is 0.409. The average molecular weight is 450 g/mol. The SMILES string of the molecule is CCN(c1ccc(OC)cc1)S(=O)(=O)N1CCCC(C(=O)NCc2ccc(F)cc2)C1. The van der Waals surface area contributed by atoms with Crippen LogP contribution in [0.15, 0.2) is 48.5 Å². The molecule has 1 fully saturated rings. The molecule has 0 radical (unpaired) electrons. The van der Waals surface area contributed by atoms with E-state index in [1.165, 1.54) is 20.7 Å². The first-order valence-electron chi connectivity index (χ1n) is 10.3. The Morgan fingerprint density at radius 1 is 1.19 bits per heavy atom. The van der Waals surface area contributed by atoms with Crippen LogP contribution in [0.25, 0.3) is 0 Å². The lowest BCUT2D eigenvalue weighted by molar-refractivity contribution is -0.126. The Morgan fingerprint density at radius 3 is 2.48 bits per heavy atom. The molecule has 31 heavy (non-hydrogen) atoms. The number of amides is 1. The molecule has 1 atom stereocenters. The highest BCUT2D eigenvalue weighted by molar-refractivity contribution is 7.90. The molecule has 0 spiro atoms. The largest absolute Gasteiger partial charge is 0.497 e. The molecule has 7 nitrogen and oxygen atoms in total. The lowest BCUT2D eigenvalue weighted by Gasteiger charge is -2.35. The summed E-state index contributed by atoms with van der Waals surface area (Å²) in [6, 6.07) is 12.8. The van der Waals surface area contributed by atoms with Gasteiger partial charge in [-0.3, -0.25) is 9.10 Å². The van der Waals surface area contributed by atoms with Gasteiger partial charge in [0.1, 0.15) is 11.6 Å². The number of nitrogens with one attached hydrogen (secondary N) is 1. The van der Waals surface area contributed by atoms with Gasteiger partial charge in [0.05, 0.1) is 18.7 Å². The molecule has 1 aliphatic heterocycles. The number of halogens is 1. The number of ether oxygens (including phenoxy) is 1. The maximum atomic E-state index is 13.3. The number of hydrogen-bond donors (Lipinski definition) is 1. The van der Waals surface area contributed by atoms with E-state index < -0.39 is 16.1 Å². The van der Waals surface area contributed by atoms with Crippen LogP contribution >= 0.6 is 0 Å². The number of methoxy groups -OCH3 is 1. The van der Waals surface area contributed by atoms with Crippen LogP contribution in [0.5, 0.6) is 5.75 Å². The summed E-state index contributed by atoms with van der Waals surface area (Å²) in [6.07, 6.45) is 1.23. The highest BCUT2D eigenvalue weighted by Gasteiger charge is 2.35. The van der Waals surface area contributed by atoms with E-state index in [2.05, 4.69) is 5.32 Å². The number of anilines is 1. The third kappa shape index (κ3) is 5.54. The van der Waals surface area contributed by atoms with E-state index in [9.17, 15) is 17.6 Å². The molecule has 1 amide bonds. The highest BCUT2D eigenvalue weighted by atomic mass is 32.2. The zero-order valence-electron chi connectivity index (χ0n) is 17.8.